The lowest BCUT2D eigenvalue weighted by atomic mass is 10.1. The van der Waals surface area contributed by atoms with Gasteiger partial charge in [0.15, 0.2) is 5.78 Å². The maximum Gasteiger partial charge on any atom is 0.317 e. The van der Waals surface area contributed by atoms with E-state index in [1.54, 1.807) is 21.0 Å². The lowest BCUT2D eigenvalue weighted by molar-refractivity contribution is 0.101. The Morgan fingerprint density at radius 1 is 1.19 bits per heavy atom. The molecule has 0 radical (unpaired) electrons. The number of carbonyl (C=O) groups is 2. The summed E-state index contributed by atoms with van der Waals surface area (Å²) in [7, 11) is 3.43. The van der Waals surface area contributed by atoms with Crippen LogP contribution in [-0.2, 0) is 26.2 Å². The summed E-state index contributed by atoms with van der Waals surface area (Å²) in [5.41, 5.74) is 3.98. The molecule has 0 atom stereocenters. The van der Waals surface area contributed by atoms with E-state index in [1.165, 1.54) is 10.5 Å². The average Bonchev–Trinajstić information content (AvgIpc) is 3.02. The summed E-state index contributed by atoms with van der Waals surface area (Å²) in [5.74, 6) is 0.0901. The molecule has 138 valence electrons. The number of aromatic nitrogens is 2. The van der Waals surface area contributed by atoms with Gasteiger partial charge in [0.25, 0.3) is 0 Å². The van der Waals surface area contributed by atoms with Crippen LogP contribution in [-0.4, -0.2) is 52.0 Å². The van der Waals surface area contributed by atoms with E-state index in [0.717, 1.165) is 43.1 Å². The number of nitrogens with zero attached hydrogens (tertiary/aromatic N) is 4. The van der Waals surface area contributed by atoms with Crippen LogP contribution in [0.1, 0.15) is 34.2 Å². The van der Waals surface area contributed by atoms with Gasteiger partial charge in [-0.05, 0) is 18.6 Å². The molecule has 0 saturated carbocycles. The number of rotatable bonds is 5. The van der Waals surface area contributed by atoms with Gasteiger partial charge in [-0.15, -0.1) is 0 Å². The van der Waals surface area contributed by atoms with Crippen molar-refractivity contribution in [3.8, 4) is 0 Å². The van der Waals surface area contributed by atoms with Crippen molar-refractivity contribution in [2.45, 2.75) is 33.1 Å². The van der Waals surface area contributed by atoms with Gasteiger partial charge in [-0.1, -0.05) is 24.3 Å². The SMILES string of the molecule is CC(=O)c1ccc(CN2CCn3nc(CNC(=O)N(C)C)cc3C2)cc1. The normalized spacial score (nSPS) is 14.0. The van der Waals surface area contributed by atoms with E-state index in [-0.39, 0.29) is 11.8 Å². The zero-order valence-corrected chi connectivity index (χ0v) is 15.5. The Kier molecular flexibility index (Phi) is 5.37. The van der Waals surface area contributed by atoms with Crippen molar-refractivity contribution in [2.24, 2.45) is 0 Å². The highest BCUT2D eigenvalue weighted by atomic mass is 16.2. The lowest BCUT2D eigenvalue weighted by Gasteiger charge is -2.27. The Morgan fingerprint density at radius 2 is 1.92 bits per heavy atom. The molecule has 1 aromatic carbocycles. The fraction of sp³-hybridized carbons (Fsp3) is 0.421. The van der Waals surface area contributed by atoms with Crippen molar-refractivity contribution in [1.82, 2.24) is 24.9 Å². The molecule has 1 aliphatic heterocycles. The van der Waals surface area contributed by atoms with Crippen molar-refractivity contribution in [1.29, 1.82) is 0 Å². The number of Topliss-reactive ketones (excluding diaryl/α,β-unsaturated/α-hetero) is 1. The Morgan fingerprint density at radius 3 is 2.58 bits per heavy atom. The van der Waals surface area contributed by atoms with Crippen LogP contribution in [0.15, 0.2) is 30.3 Å². The van der Waals surface area contributed by atoms with Gasteiger partial charge in [-0.2, -0.15) is 5.10 Å². The van der Waals surface area contributed by atoms with Crippen LogP contribution in [0.3, 0.4) is 0 Å². The van der Waals surface area contributed by atoms with Gasteiger partial charge < -0.3 is 10.2 Å². The van der Waals surface area contributed by atoms with Gasteiger partial charge in [0.2, 0.25) is 0 Å². The third-order valence-corrected chi connectivity index (χ3v) is 4.52. The standard InChI is InChI=1S/C19H25N5O2/c1-14(25)16-6-4-15(5-7-16)12-23-8-9-24-18(13-23)10-17(21-24)11-20-19(26)22(2)3/h4-7,10H,8-9,11-13H2,1-3H3,(H,20,26). The quantitative estimate of drug-likeness (QED) is 0.832. The van der Waals surface area contributed by atoms with Crippen LogP contribution in [0, 0.1) is 0 Å². The number of nitrogens with one attached hydrogen (secondary N) is 1. The molecule has 2 aromatic rings. The fourth-order valence-corrected chi connectivity index (χ4v) is 3.03. The summed E-state index contributed by atoms with van der Waals surface area (Å²) in [6, 6.07) is 9.75. The number of hydrogen-bond donors (Lipinski definition) is 1. The molecule has 1 aliphatic rings. The van der Waals surface area contributed by atoms with Gasteiger partial charge in [0.1, 0.15) is 0 Å². The second-order valence-corrected chi connectivity index (χ2v) is 6.87. The molecule has 0 unspecified atom stereocenters. The monoisotopic (exact) mass is 355 g/mol. The molecular weight excluding hydrogens is 330 g/mol. The lowest BCUT2D eigenvalue weighted by Crippen LogP contribution is -2.34. The maximum absolute atomic E-state index is 11.6. The van der Waals surface area contributed by atoms with E-state index >= 15 is 0 Å². The van der Waals surface area contributed by atoms with Crippen molar-refractivity contribution in [3.05, 3.63) is 52.8 Å². The van der Waals surface area contributed by atoms with Gasteiger partial charge in [-0.3, -0.25) is 14.4 Å². The Bertz CT molecular complexity index is 795. The van der Waals surface area contributed by atoms with Gasteiger partial charge in [0.05, 0.1) is 24.5 Å². The summed E-state index contributed by atoms with van der Waals surface area (Å²) in [5, 5.41) is 7.42. The topological polar surface area (TPSA) is 70.5 Å². The number of benzene rings is 1. The molecule has 7 heteroatoms. The third kappa shape index (κ3) is 4.29. The number of urea groups is 1. The number of hydrogen-bond acceptors (Lipinski definition) is 4. The molecule has 7 nitrogen and oxygen atoms in total. The van der Waals surface area contributed by atoms with E-state index < -0.39 is 0 Å². The molecule has 0 saturated heterocycles. The van der Waals surface area contributed by atoms with Gasteiger partial charge in [-0.25, -0.2) is 4.79 Å². The molecular formula is C19H25N5O2. The third-order valence-electron chi connectivity index (χ3n) is 4.52. The fourth-order valence-electron chi connectivity index (χ4n) is 3.03. The van der Waals surface area contributed by atoms with Crippen LogP contribution in [0.5, 0.6) is 0 Å². The smallest absolute Gasteiger partial charge is 0.317 e. The highest BCUT2D eigenvalue weighted by Gasteiger charge is 2.19. The first-order chi connectivity index (χ1) is 12.4. The number of carbonyl (C=O) groups excluding carboxylic acids is 2. The molecule has 2 heterocycles. The van der Waals surface area contributed by atoms with E-state index in [1.807, 2.05) is 28.9 Å². The van der Waals surface area contributed by atoms with Crippen molar-refractivity contribution in [2.75, 3.05) is 20.6 Å². The Balaban J connectivity index is 1.59. The van der Waals surface area contributed by atoms with Crippen LogP contribution >= 0.6 is 0 Å². The largest absolute Gasteiger partial charge is 0.332 e. The molecule has 1 aromatic heterocycles. The first-order valence-corrected chi connectivity index (χ1v) is 8.75. The zero-order chi connectivity index (χ0) is 18.7. The van der Waals surface area contributed by atoms with Crippen molar-refractivity contribution >= 4 is 11.8 Å². The molecule has 3 rings (SSSR count). The molecule has 0 bridgehead atoms. The van der Waals surface area contributed by atoms with Gasteiger partial charge >= 0.3 is 6.03 Å². The van der Waals surface area contributed by atoms with E-state index in [0.29, 0.717) is 6.54 Å². The van der Waals surface area contributed by atoms with Gasteiger partial charge in [0, 0.05) is 39.3 Å². The molecule has 0 fully saturated rings. The number of ketones is 1. The minimum Gasteiger partial charge on any atom is -0.332 e. The summed E-state index contributed by atoms with van der Waals surface area (Å²) in [6.45, 7) is 5.44. The summed E-state index contributed by atoms with van der Waals surface area (Å²) < 4.78 is 2.02. The first kappa shape index (κ1) is 18.1. The van der Waals surface area contributed by atoms with Crippen LogP contribution in [0.25, 0.3) is 0 Å². The predicted molar refractivity (Wildman–Crippen MR) is 98.7 cm³/mol. The molecule has 26 heavy (non-hydrogen) atoms. The second-order valence-electron chi connectivity index (χ2n) is 6.87. The molecule has 0 spiro atoms. The van der Waals surface area contributed by atoms with Crippen LogP contribution < -0.4 is 5.32 Å². The minimum absolute atomic E-state index is 0.0901. The first-order valence-electron chi connectivity index (χ1n) is 8.75. The average molecular weight is 355 g/mol. The molecule has 2 amide bonds. The van der Waals surface area contributed by atoms with Crippen molar-refractivity contribution < 1.29 is 9.59 Å². The summed E-state index contributed by atoms with van der Waals surface area (Å²) in [4.78, 5) is 26.9. The summed E-state index contributed by atoms with van der Waals surface area (Å²) in [6.07, 6.45) is 0. The van der Waals surface area contributed by atoms with Crippen molar-refractivity contribution in [3.63, 3.8) is 0 Å². The highest BCUT2D eigenvalue weighted by Crippen LogP contribution is 2.17. The molecule has 0 aliphatic carbocycles. The predicted octanol–water partition coefficient (Wildman–Crippen LogP) is 1.87. The summed E-state index contributed by atoms with van der Waals surface area (Å²) >= 11 is 0. The number of fused-ring (bicyclic) bond motifs is 1. The van der Waals surface area contributed by atoms with Crippen LogP contribution in [0.4, 0.5) is 4.79 Å². The Hall–Kier alpha value is -2.67. The van der Waals surface area contributed by atoms with E-state index in [2.05, 4.69) is 21.4 Å². The highest BCUT2D eigenvalue weighted by molar-refractivity contribution is 5.94. The van der Waals surface area contributed by atoms with E-state index in [4.69, 9.17) is 0 Å². The zero-order valence-electron chi connectivity index (χ0n) is 15.5. The maximum atomic E-state index is 11.6. The Labute approximate surface area is 153 Å². The molecule has 1 N–H and O–H groups in total. The van der Waals surface area contributed by atoms with E-state index in [9.17, 15) is 9.59 Å². The van der Waals surface area contributed by atoms with Crippen LogP contribution in [0.2, 0.25) is 0 Å². The minimum atomic E-state index is -0.119. The second kappa shape index (κ2) is 7.70. The number of amides is 2.